The zero-order valence-electron chi connectivity index (χ0n) is 20.3. The van der Waals surface area contributed by atoms with Crippen LogP contribution in [0.25, 0.3) is 16.0 Å². The summed E-state index contributed by atoms with van der Waals surface area (Å²) < 4.78 is 12.3. The van der Waals surface area contributed by atoms with Crippen molar-refractivity contribution in [3.63, 3.8) is 0 Å². The first-order chi connectivity index (χ1) is 17.4. The molecule has 1 aliphatic rings. The molecule has 1 saturated heterocycles. The van der Waals surface area contributed by atoms with Gasteiger partial charge in [0.1, 0.15) is 23.3 Å². The van der Waals surface area contributed by atoms with Crippen molar-refractivity contribution < 1.29 is 23.8 Å². The highest BCUT2D eigenvalue weighted by Crippen LogP contribution is 2.45. The summed E-state index contributed by atoms with van der Waals surface area (Å²) in [5.74, 6) is -0.905. The van der Waals surface area contributed by atoms with E-state index in [-0.39, 0.29) is 11.3 Å². The number of ketones is 1. The molecule has 1 unspecified atom stereocenters. The number of carbonyl (C=O) groups is 2. The fourth-order valence-corrected chi connectivity index (χ4v) is 5.60. The molecule has 1 amide bonds. The third-order valence-corrected chi connectivity index (χ3v) is 7.16. The third kappa shape index (κ3) is 4.18. The minimum Gasteiger partial charge on any atom is -0.507 e. The molecule has 36 heavy (non-hydrogen) atoms. The van der Waals surface area contributed by atoms with Gasteiger partial charge in [0.2, 0.25) is 0 Å². The molecule has 184 valence electrons. The predicted octanol–water partition coefficient (Wildman–Crippen LogP) is 6.31. The second kappa shape index (κ2) is 9.62. The second-order valence-corrected chi connectivity index (χ2v) is 9.85. The number of ether oxygens (including phenoxy) is 1. The average molecular weight is 503 g/mol. The van der Waals surface area contributed by atoms with Crippen LogP contribution in [-0.2, 0) is 9.59 Å². The van der Waals surface area contributed by atoms with Crippen LogP contribution in [0.5, 0.6) is 5.75 Å². The number of unbranched alkanes of at least 4 members (excludes halogenated alkanes) is 1. The summed E-state index contributed by atoms with van der Waals surface area (Å²) in [6.45, 7) is 6.59. The first-order valence-corrected chi connectivity index (χ1v) is 12.7. The number of aliphatic hydroxyl groups excluding tert-OH is 1. The monoisotopic (exact) mass is 502 g/mol. The Hall–Kier alpha value is -3.91. The number of anilines is 1. The van der Waals surface area contributed by atoms with E-state index in [1.165, 1.54) is 22.5 Å². The Labute approximate surface area is 212 Å². The maximum absolute atomic E-state index is 13.4. The third-order valence-electron chi connectivity index (χ3n) is 6.16. The molecule has 2 aromatic heterocycles. The van der Waals surface area contributed by atoms with E-state index in [2.05, 4.69) is 6.92 Å². The molecular formula is C28H26N2O5S. The zero-order valence-corrected chi connectivity index (χ0v) is 21.1. The normalized spacial score (nSPS) is 17.3. The van der Waals surface area contributed by atoms with Crippen molar-refractivity contribution in [2.45, 2.75) is 39.7 Å². The van der Waals surface area contributed by atoms with Crippen LogP contribution in [0.1, 0.15) is 48.3 Å². The highest BCUT2D eigenvalue weighted by molar-refractivity contribution is 7.22. The molecule has 0 bridgehead atoms. The smallest absolute Gasteiger partial charge is 0.302 e. The quantitative estimate of drug-likeness (QED) is 0.138. The maximum atomic E-state index is 13.4. The number of aliphatic hydroxyl groups is 1. The molecule has 1 fully saturated rings. The van der Waals surface area contributed by atoms with Crippen LogP contribution in [0.2, 0.25) is 0 Å². The van der Waals surface area contributed by atoms with Gasteiger partial charge in [-0.3, -0.25) is 14.5 Å². The standard InChI is InChI=1S/C28H26N2O5S/c1-4-5-11-34-19-9-6-8-18(15-19)25(31)22-24(20-10-7-12-35-20)30(27(33)26(22)32)28-29-23-17(3)13-16(2)14-21(23)36-28/h6-10,12-15,24,31H,4-5,11H2,1-3H3. The van der Waals surface area contributed by atoms with Crippen LogP contribution in [0.3, 0.4) is 0 Å². The Bertz CT molecular complexity index is 1490. The van der Waals surface area contributed by atoms with Gasteiger partial charge in [-0.1, -0.05) is 42.9 Å². The van der Waals surface area contributed by atoms with E-state index in [0.29, 0.717) is 28.8 Å². The number of aryl methyl sites for hydroxylation is 2. The minimum atomic E-state index is -0.952. The van der Waals surface area contributed by atoms with Crippen molar-refractivity contribution in [3.8, 4) is 5.75 Å². The first-order valence-electron chi connectivity index (χ1n) is 11.8. The van der Waals surface area contributed by atoms with E-state index in [1.54, 1.807) is 36.4 Å². The van der Waals surface area contributed by atoms with Gasteiger partial charge in [0.05, 0.1) is 28.7 Å². The molecule has 7 nitrogen and oxygen atoms in total. The Balaban J connectivity index is 1.63. The summed E-state index contributed by atoms with van der Waals surface area (Å²) in [7, 11) is 0. The lowest BCUT2D eigenvalue weighted by Gasteiger charge is -2.20. The molecule has 1 atom stereocenters. The molecule has 3 heterocycles. The topological polar surface area (TPSA) is 92.9 Å². The lowest BCUT2D eigenvalue weighted by Crippen LogP contribution is -2.29. The molecule has 0 radical (unpaired) electrons. The number of furan rings is 1. The molecule has 5 rings (SSSR count). The summed E-state index contributed by atoms with van der Waals surface area (Å²) in [6.07, 6.45) is 3.38. The number of amides is 1. The number of carbonyl (C=O) groups excluding carboxylic acids is 2. The number of fused-ring (bicyclic) bond motifs is 1. The van der Waals surface area contributed by atoms with Gasteiger partial charge in [0.25, 0.3) is 5.78 Å². The fourth-order valence-electron chi connectivity index (χ4n) is 4.43. The molecule has 1 aliphatic heterocycles. The number of hydrogen-bond donors (Lipinski definition) is 1. The SMILES string of the molecule is CCCCOc1cccc(C(O)=C2C(=O)C(=O)N(c3nc4c(C)cc(C)cc4s3)C2c2ccco2)c1. The number of aromatic nitrogens is 1. The first kappa shape index (κ1) is 23.8. The van der Waals surface area contributed by atoms with Gasteiger partial charge in [-0.25, -0.2) is 4.98 Å². The van der Waals surface area contributed by atoms with Crippen LogP contribution in [0, 0.1) is 13.8 Å². The molecule has 1 N–H and O–H groups in total. The number of Topliss-reactive ketones (excluding diaryl/α,β-unsaturated/α-hetero) is 1. The lowest BCUT2D eigenvalue weighted by atomic mass is 9.99. The Kier molecular flexibility index (Phi) is 6.36. The van der Waals surface area contributed by atoms with Gasteiger partial charge < -0.3 is 14.3 Å². The van der Waals surface area contributed by atoms with Crippen LogP contribution in [0.15, 0.2) is 64.8 Å². The number of thiazole rings is 1. The molecule has 8 heteroatoms. The van der Waals surface area contributed by atoms with Gasteiger partial charge in [-0.15, -0.1) is 0 Å². The Morgan fingerprint density at radius 3 is 2.75 bits per heavy atom. The summed E-state index contributed by atoms with van der Waals surface area (Å²) >= 11 is 1.33. The summed E-state index contributed by atoms with van der Waals surface area (Å²) in [6, 6.07) is 13.3. The van der Waals surface area contributed by atoms with Crippen molar-refractivity contribution >= 4 is 44.1 Å². The van der Waals surface area contributed by atoms with Crippen LogP contribution >= 0.6 is 11.3 Å². The van der Waals surface area contributed by atoms with Gasteiger partial charge in [-0.05, 0) is 61.7 Å². The van der Waals surface area contributed by atoms with Crippen molar-refractivity contribution in [1.82, 2.24) is 4.98 Å². The number of rotatable bonds is 7. The van der Waals surface area contributed by atoms with Gasteiger partial charge in [-0.2, -0.15) is 0 Å². The second-order valence-electron chi connectivity index (χ2n) is 8.84. The minimum absolute atomic E-state index is 0.0483. The molecule has 0 saturated carbocycles. The van der Waals surface area contributed by atoms with Crippen molar-refractivity contribution in [3.05, 3.63) is 82.8 Å². The maximum Gasteiger partial charge on any atom is 0.302 e. The largest absolute Gasteiger partial charge is 0.507 e. The Morgan fingerprint density at radius 1 is 1.17 bits per heavy atom. The molecule has 2 aromatic carbocycles. The number of nitrogens with zero attached hydrogens (tertiary/aromatic N) is 2. The summed E-state index contributed by atoms with van der Waals surface area (Å²) in [4.78, 5) is 32.7. The highest BCUT2D eigenvalue weighted by atomic mass is 32.1. The highest BCUT2D eigenvalue weighted by Gasteiger charge is 2.49. The van der Waals surface area contributed by atoms with Crippen molar-refractivity contribution in [1.29, 1.82) is 0 Å². The van der Waals surface area contributed by atoms with E-state index in [4.69, 9.17) is 14.1 Å². The van der Waals surface area contributed by atoms with E-state index >= 15 is 0 Å². The van der Waals surface area contributed by atoms with Crippen LogP contribution < -0.4 is 9.64 Å². The van der Waals surface area contributed by atoms with E-state index < -0.39 is 17.7 Å². The van der Waals surface area contributed by atoms with Gasteiger partial charge >= 0.3 is 5.91 Å². The number of hydrogen-bond acceptors (Lipinski definition) is 7. The molecule has 4 aromatic rings. The Morgan fingerprint density at radius 2 is 2.00 bits per heavy atom. The number of benzene rings is 2. The van der Waals surface area contributed by atoms with Gasteiger partial charge in [0, 0.05) is 5.56 Å². The predicted molar refractivity (Wildman–Crippen MR) is 139 cm³/mol. The van der Waals surface area contributed by atoms with Crippen molar-refractivity contribution in [2.75, 3.05) is 11.5 Å². The molecular weight excluding hydrogens is 476 g/mol. The molecule has 0 aliphatic carbocycles. The van der Waals surface area contributed by atoms with E-state index in [0.717, 1.165) is 34.2 Å². The zero-order chi connectivity index (χ0) is 25.4. The van der Waals surface area contributed by atoms with Crippen molar-refractivity contribution in [2.24, 2.45) is 0 Å². The van der Waals surface area contributed by atoms with Crippen LogP contribution in [0.4, 0.5) is 5.13 Å². The van der Waals surface area contributed by atoms with E-state index in [9.17, 15) is 14.7 Å². The fraction of sp³-hybridized carbons (Fsp3) is 0.250. The van der Waals surface area contributed by atoms with E-state index in [1.807, 2.05) is 26.0 Å². The summed E-state index contributed by atoms with van der Waals surface area (Å²) in [5, 5.41) is 11.7. The van der Waals surface area contributed by atoms with Gasteiger partial charge in [0.15, 0.2) is 5.13 Å². The lowest BCUT2D eigenvalue weighted by molar-refractivity contribution is -0.132. The van der Waals surface area contributed by atoms with Crippen LogP contribution in [-0.4, -0.2) is 28.4 Å². The molecule has 0 spiro atoms. The summed E-state index contributed by atoms with van der Waals surface area (Å²) in [5.41, 5.74) is 3.18. The average Bonchev–Trinajstić information content (AvgIpc) is 3.58.